The number of esters is 1. The van der Waals surface area contributed by atoms with Gasteiger partial charge in [-0.3, -0.25) is 15.2 Å². The Labute approximate surface area is 140 Å². The summed E-state index contributed by atoms with van der Waals surface area (Å²) >= 11 is 5.78. The number of nitro groups is 1. The summed E-state index contributed by atoms with van der Waals surface area (Å²) in [5, 5.41) is 20.7. The first-order chi connectivity index (χ1) is 11.5. The zero-order chi connectivity index (χ0) is 17.3. The van der Waals surface area contributed by atoms with E-state index in [1.165, 1.54) is 0 Å². The zero-order valence-corrected chi connectivity index (χ0v) is 13.3. The molecule has 2 N–H and O–H groups in total. The molecule has 0 aliphatic heterocycles. The van der Waals surface area contributed by atoms with Gasteiger partial charge in [0.15, 0.2) is 5.82 Å². The smallest absolute Gasteiger partial charge is 0.364 e. The summed E-state index contributed by atoms with van der Waals surface area (Å²) in [5.41, 5.74) is -0.193. The molecule has 2 aromatic heterocycles. The molecule has 0 amide bonds. The van der Waals surface area contributed by atoms with Gasteiger partial charge >= 0.3 is 11.7 Å². The number of ether oxygens (including phenoxy) is 1. The van der Waals surface area contributed by atoms with Gasteiger partial charge in [-0.15, -0.1) is 0 Å². The van der Waals surface area contributed by atoms with E-state index in [1.807, 2.05) is 0 Å². The summed E-state index contributed by atoms with van der Waals surface area (Å²) in [6, 6.07) is 1.74. The standard InChI is InChI=1S/C13H13ClN6O4/c1-2-24-12(21)9-10(20(22)23)11(17-13(14)16-9)15-8-5-7(18-19-8)6-3-4-6/h5-6H,2-4H2,1H3,(H2,15,16,17,18,19). The minimum atomic E-state index is -0.947. The highest BCUT2D eigenvalue weighted by Gasteiger charge is 2.31. The average molecular weight is 353 g/mol. The Morgan fingerprint density at radius 2 is 2.29 bits per heavy atom. The van der Waals surface area contributed by atoms with Gasteiger partial charge in [0.25, 0.3) is 0 Å². The summed E-state index contributed by atoms with van der Waals surface area (Å²) in [6.07, 6.45) is 2.16. The van der Waals surface area contributed by atoms with Crippen molar-refractivity contribution in [2.45, 2.75) is 25.7 Å². The van der Waals surface area contributed by atoms with Gasteiger partial charge in [-0.2, -0.15) is 10.1 Å². The van der Waals surface area contributed by atoms with Crippen molar-refractivity contribution in [2.24, 2.45) is 0 Å². The third-order valence-electron chi connectivity index (χ3n) is 3.37. The van der Waals surface area contributed by atoms with Crippen LogP contribution in [-0.4, -0.2) is 37.7 Å². The van der Waals surface area contributed by atoms with E-state index in [0.717, 1.165) is 18.5 Å². The molecule has 2 heterocycles. The van der Waals surface area contributed by atoms with Crippen LogP contribution in [0.4, 0.5) is 17.3 Å². The molecule has 1 saturated carbocycles. The average Bonchev–Trinajstić information content (AvgIpc) is 3.27. The number of nitrogens with zero attached hydrogens (tertiary/aromatic N) is 4. The van der Waals surface area contributed by atoms with Crippen molar-refractivity contribution in [3.05, 3.63) is 32.9 Å². The third kappa shape index (κ3) is 3.27. The lowest BCUT2D eigenvalue weighted by Gasteiger charge is -2.07. The first-order valence-electron chi connectivity index (χ1n) is 7.21. The Hall–Kier alpha value is -2.75. The van der Waals surface area contributed by atoms with Gasteiger partial charge in [0.05, 0.1) is 11.5 Å². The van der Waals surface area contributed by atoms with Crippen LogP contribution >= 0.6 is 11.6 Å². The molecule has 0 spiro atoms. The molecular formula is C13H13ClN6O4. The Kier molecular flexibility index (Phi) is 4.30. The second-order valence-electron chi connectivity index (χ2n) is 5.12. The van der Waals surface area contributed by atoms with Gasteiger partial charge < -0.3 is 10.1 Å². The molecule has 0 atom stereocenters. The van der Waals surface area contributed by atoms with Crippen molar-refractivity contribution in [3.8, 4) is 0 Å². The van der Waals surface area contributed by atoms with Gasteiger partial charge in [-0.05, 0) is 31.4 Å². The first-order valence-corrected chi connectivity index (χ1v) is 7.58. The van der Waals surface area contributed by atoms with Crippen molar-refractivity contribution in [1.29, 1.82) is 0 Å². The molecule has 1 aliphatic rings. The van der Waals surface area contributed by atoms with Crippen molar-refractivity contribution in [2.75, 3.05) is 11.9 Å². The summed E-state index contributed by atoms with van der Waals surface area (Å²) in [4.78, 5) is 30.0. The summed E-state index contributed by atoms with van der Waals surface area (Å²) in [6.45, 7) is 1.62. The van der Waals surface area contributed by atoms with E-state index in [2.05, 4.69) is 25.5 Å². The van der Waals surface area contributed by atoms with E-state index in [4.69, 9.17) is 16.3 Å². The van der Waals surface area contributed by atoms with Crippen LogP contribution in [0, 0.1) is 10.1 Å². The molecule has 0 saturated heterocycles. The minimum Gasteiger partial charge on any atom is -0.461 e. The summed E-state index contributed by atoms with van der Waals surface area (Å²) in [5.74, 6) is -0.397. The lowest BCUT2D eigenvalue weighted by Crippen LogP contribution is -2.13. The fourth-order valence-corrected chi connectivity index (χ4v) is 2.32. The molecule has 0 unspecified atom stereocenters. The Morgan fingerprint density at radius 1 is 1.54 bits per heavy atom. The molecule has 1 aliphatic carbocycles. The minimum absolute atomic E-state index is 0.0461. The highest BCUT2D eigenvalue weighted by atomic mass is 35.5. The predicted molar refractivity (Wildman–Crippen MR) is 83.5 cm³/mol. The Bertz CT molecular complexity index is 804. The van der Waals surface area contributed by atoms with Crippen LogP contribution in [0.1, 0.15) is 41.9 Å². The second-order valence-corrected chi connectivity index (χ2v) is 5.46. The van der Waals surface area contributed by atoms with Crippen molar-refractivity contribution in [3.63, 3.8) is 0 Å². The quantitative estimate of drug-likeness (QED) is 0.350. The number of hydrogen-bond acceptors (Lipinski definition) is 8. The maximum Gasteiger partial charge on any atom is 0.364 e. The SMILES string of the molecule is CCOC(=O)c1nc(Cl)nc(Nc2cc(C3CC3)[nH]n2)c1[N+](=O)[O-]. The number of hydrogen-bond donors (Lipinski definition) is 2. The maximum atomic E-state index is 11.9. The van der Waals surface area contributed by atoms with E-state index in [-0.39, 0.29) is 17.7 Å². The number of carbonyl (C=O) groups excluding carboxylic acids is 1. The number of rotatable bonds is 6. The van der Waals surface area contributed by atoms with Crippen LogP contribution in [0.2, 0.25) is 5.28 Å². The molecule has 3 rings (SSSR count). The van der Waals surface area contributed by atoms with Crippen LogP contribution in [0.15, 0.2) is 6.07 Å². The molecular weight excluding hydrogens is 340 g/mol. The van der Waals surface area contributed by atoms with Crippen LogP contribution in [-0.2, 0) is 4.74 Å². The molecule has 0 bridgehead atoms. The Morgan fingerprint density at radius 3 is 2.92 bits per heavy atom. The monoisotopic (exact) mass is 352 g/mol. The summed E-state index contributed by atoms with van der Waals surface area (Å²) in [7, 11) is 0. The molecule has 24 heavy (non-hydrogen) atoms. The van der Waals surface area contributed by atoms with Crippen molar-refractivity contribution >= 4 is 34.9 Å². The summed E-state index contributed by atoms with van der Waals surface area (Å²) < 4.78 is 4.78. The first kappa shape index (κ1) is 16.1. The number of halogens is 1. The molecule has 0 radical (unpaired) electrons. The van der Waals surface area contributed by atoms with E-state index in [1.54, 1.807) is 13.0 Å². The van der Waals surface area contributed by atoms with Gasteiger partial charge in [0, 0.05) is 17.7 Å². The molecule has 1 fully saturated rings. The second kappa shape index (κ2) is 6.40. The van der Waals surface area contributed by atoms with Crippen LogP contribution < -0.4 is 5.32 Å². The topological polar surface area (TPSA) is 136 Å². The highest BCUT2D eigenvalue weighted by Crippen LogP contribution is 2.40. The Balaban J connectivity index is 1.98. The van der Waals surface area contributed by atoms with Crippen LogP contribution in [0.3, 0.4) is 0 Å². The zero-order valence-electron chi connectivity index (χ0n) is 12.6. The number of nitrogens with one attached hydrogen (secondary N) is 2. The third-order valence-corrected chi connectivity index (χ3v) is 3.54. The van der Waals surface area contributed by atoms with E-state index >= 15 is 0 Å². The largest absolute Gasteiger partial charge is 0.461 e. The van der Waals surface area contributed by atoms with Crippen molar-refractivity contribution in [1.82, 2.24) is 20.2 Å². The van der Waals surface area contributed by atoms with E-state index < -0.39 is 22.3 Å². The van der Waals surface area contributed by atoms with Crippen LogP contribution in [0.25, 0.3) is 0 Å². The number of aromatic nitrogens is 4. The van der Waals surface area contributed by atoms with E-state index in [9.17, 15) is 14.9 Å². The fourth-order valence-electron chi connectivity index (χ4n) is 2.15. The van der Waals surface area contributed by atoms with Gasteiger partial charge in [-0.1, -0.05) is 0 Å². The normalized spacial score (nSPS) is 13.6. The fraction of sp³-hybridized carbons (Fsp3) is 0.385. The van der Waals surface area contributed by atoms with Crippen LogP contribution in [0.5, 0.6) is 0 Å². The number of H-pyrrole nitrogens is 1. The number of aromatic amines is 1. The molecule has 2 aromatic rings. The van der Waals surface area contributed by atoms with Gasteiger partial charge in [0.1, 0.15) is 0 Å². The lowest BCUT2D eigenvalue weighted by atomic mass is 10.3. The van der Waals surface area contributed by atoms with E-state index in [0.29, 0.717) is 11.7 Å². The predicted octanol–water partition coefficient (Wildman–Crippen LogP) is 2.56. The number of carbonyl (C=O) groups is 1. The molecule has 126 valence electrons. The maximum absolute atomic E-state index is 11.9. The van der Waals surface area contributed by atoms with Crippen molar-refractivity contribution < 1.29 is 14.5 Å². The lowest BCUT2D eigenvalue weighted by molar-refractivity contribution is -0.384. The molecule has 11 heteroatoms. The molecule has 10 nitrogen and oxygen atoms in total. The number of anilines is 2. The highest BCUT2D eigenvalue weighted by molar-refractivity contribution is 6.28. The van der Waals surface area contributed by atoms with Gasteiger partial charge in [0.2, 0.25) is 16.8 Å². The van der Waals surface area contributed by atoms with Gasteiger partial charge in [-0.25, -0.2) is 9.78 Å². The molecule has 0 aromatic carbocycles.